The van der Waals surface area contributed by atoms with Gasteiger partial charge < -0.3 is 29.4 Å². The van der Waals surface area contributed by atoms with Gasteiger partial charge in [-0.25, -0.2) is 9.67 Å². The van der Waals surface area contributed by atoms with Gasteiger partial charge in [-0.05, 0) is 55.8 Å². The molecule has 0 saturated carbocycles. The maximum atomic E-state index is 14.7. The quantitative estimate of drug-likeness (QED) is 0.237. The first-order valence-electron chi connectivity index (χ1n) is 15.2. The van der Waals surface area contributed by atoms with Crippen molar-refractivity contribution in [1.29, 1.82) is 0 Å². The van der Waals surface area contributed by atoms with E-state index in [2.05, 4.69) is 39.0 Å². The number of rotatable bonds is 9. The third-order valence-corrected chi connectivity index (χ3v) is 8.59. The van der Waals surface area contributed by atoms with Gasteiger partial charge in [0, 0.05) is 38.5 Å². The molecule has 13 heteroatoms. The molecule has 0 bridgehead atoms. The highest BCUT2D eigenvalue weighted by Crippen LogP contribution is 2.34. The van der Waals surface area contributed by atoms with E-state index in [4.69, 9.17) is 24.7 Å². The van der Waals surface area contributed by atoms with Crippen molar-refractivity contribution in [3.05, 3.63) is 84.8 Å². The van der Waals surface area contributed by atoms with Crippen LogP contribution >= 0.6 is 0 Å². The summed E-state index contributed by atoms with van der Waals surface area (Å²) in [7, 11) is 1.65. The van der Waals surface area contributed by atoms with Crippen molar-refractivity contribution in [2.75, 3.05) is 50.6 Å². The molecule has 2 N–H and O–H groups in total. The molecule has 1 aliphatic heterocycles. The molecular formula is C33H35N9O4. The molecule has 236 valence electrons. The second-order valence-electron chi connectivity index (χ2n) is 11.5. The lowest BCUT2D eigenvalue weighted by Crippen LogP contribution is -2.59. The smallest absolute Gasteiger partial charge is 0.255 e. The van der Waals surface area contributed by atoms with Crippen LogP contribution in [0, 0.1) is 0 Å². The Morgan fingerprint density at radius 3 is 2.54 bits per heavy atom. The molecule has 4 aromatic heterocycles. The Kier molecular flexibility index (Phi) is 7.53. The van der Waals surface area contributed by atoms with Gasteiger partial charge in [0.15, 0.2) is 22.6 Å². The summed E-state index contributed by atoms with van der Waals surface area (Å²) in [4.78, 5) is 28.3. The average molecular weight is 622 g/mol. The lowest BCUT2D eigenvalue weighted by Gasteiger charge is -2.44. The first-order valence-corrected chi connectivity index (χ1v) is 15.2. The van der Waals surface area contributed by atoms with Crippen molar-refractivity contribution in [1.82, 2.24) is 34.3 Å². The predicted octanol–water partition coefficient (Wildman–Crippen LogP) is 3.84. The van der Waals surface area contributed by atoms with Crippen molar-refractivity contribution < 1.29 is 18.7 Å². The second-order valence-corrected chi connectivity index (χ2v) is 11.5. The highest BCUT2D eigenvalue weighted by atomic mass is 16.5. The Bertz CT molecular complexity index is 1970. The Hall–Kier alpha value is -5.43. The fraction of sp³-hybridized carbons (Fsp3) is 0.303. The van der Waals surface area contributed by atoms with Crippen LogP contribution in [-0.2, 0) is 15.1 Å². The summed E-state index contributed by atoms with van der Waals surface area (Å²) >= 11 is 0. The van der Waals surface area contributed by atoms with Crippen LogP contribution in [0.15, 0.2) is 83.6 Å². The van der Waals surface area contributed by atoms with Crippen LogP contribution in [0.4, 0.5) is 11.6 Å². The largest absolute Gasteiger partial charge is 0.491 e. The maximum absolute atomic E-state index is 14.7. The van der Waals surface area contributed by atoms with Crippen molar-refractivity contribution >= 4 is 34.2 Å². The lowest BCUT2D eigenvalue weighted by molar-refractivity contribution is -0.139. The first kappa shape index (κ1) is 29.3. The van der Waals surface area contributed by atoms with Crippen LogP contribution in [0.2, 0.25) is 0 Å². The Balaban J connectivity index is 1.21. The summed E-state index contributed by atoms with van der Waals surface area (Å²) < 4.78 is 19.4. The molecule has 46 heavy (non-hydrogen) atoms. The van der Waals surface area contributed by atoms with Gasteiger partial charge in [-0.2, -0.15) is 14.6 Å². The van der Waals surface area contributed by atoms with Gasteiger partial charge in [-0.3, -0.25) is 4.79 Å². The van der Waals surface area contributed by atoms with Gasteiger partial charge in [0.25, 0.3) is 5.91 Å². The number of carbonyl (C=O) groups is 1. The number of fused-ring (bicyclic) bond motifs is 3. The molecule has 0 spiro atoms. The first-order chi connectivity index (χ1) is 22.4. The summed E-state index contributed by atoms with van der Waals surface area (Å²) in [6.45, 7) is 6.78. The maximum Gasteiger partial charge on any atom is 0.255 e. The molecule has 6 aromatic rings. The molecule has 1 amide bonds. The zero-order valence-corrected chi connectivity index (χ0v) is 25.9. The standard InChI is InChI=1S/C33H35N9O4/c1-22-21-39(15-16-40(22)24-11-13-25(14-12-24)45-19-18-44-3)31(43)33(2,23-8-5-4-6-9-23)42-30-26(20-35-42)29-36-28(27-10-7-17-46-27)38-41(29)32(34)37-30/h4-14,17,20,22H,15-16,18-19,21H2,1-3H3,(H2,34,37)/t22-,33?/m1/s1. The number of furan rings is 1. The molecule has 1 unspecified atom stereocenters. The third kappa shape index (κ3) is 4.98. The van der Waals surface area contributed by atoms with Crippen molar-refractivity contribution in [2.45, 2.75) is 25.4 Å². The third-order valence-electron chi connectivity index (χ3n) is 8.59. The molecule has 0 aliphatic carbocycles. The van der Waals surface area contributed by atoms with Gasteiger partial charge in [-0.15, -0.1) is 5.10 Å². The number of ether oxygens (including phenoxy) is 2. The van der Waals surface area contributed by atoms with Gasteiger partial charge in [0.05, 0.1) is 24.5 Å². The molecule has 5 heterocycles. The minimum absolute atomic E-state index is 0.0664. The van der Waals surface area contributed by atoms with Gasteiger partial charge in [0.1, 0.15) is 12.4 Å². The second kappa shape index (κ2) is 11.8. The van der Waals surface area contributed by atoms with Gasteiger partial charge in [-0.1, -0.05) is 30.3 Å². The molecule has 2 atom stereocenters. The van der Waals surface area contributed by atoms with Crippen molar-refractivity contribution in [3.8, 4) is 17.3 Å². The van der Waals surface area contributed by atoms with E-state index in [1.807, 2.05) is 54.3 Å². The summed E-state index contributed by atoms with van der Waals surface area (Å²) in [6, 6.07) is 21.3. The number of aromatic nitrogens is 6. The molecule has 1 saturated heterocycles. The normalized spacial score (nSPS) is 16.6. The van der Waals surface area contributed by atoms with E-state index in [1.165, 1.54) is 4.52 Å². The Morgan fingerprint density at radius 2 is 1.83 bits per heavy atom. The van der Waals surface area contributed by atoms with E-state index in [9.17, 15) is 4.79 Å². The number of nitrogens with two attached hydrogens (primary N) is 1. The topological polar surface area (TPSA) is 142 Å². The number of benzene rings is 2. The fourth-order valence-electron chi connectivity index (χ4n) is 6.16. The monoisotopic (exact) mass is 621 g/mol. The van der Waals surface area contributed by atoms with Gasteiger partial charge >= 0.3 is 0 Å². The Morgan fingerprint density at radius 1 is 1.02 bits per heavy atom. The summed E-state index contributed by atoms with van der Waals surface area (Å²) in [5.74, 6) is 1.71. The van der Waals surface area contributed by atoms with Crippen LogP contribution in [0.1, 0.15) is 19.4 Å². The van der Waals surface area contributed by atoms with E-state index < -0.39 is 5.54 Å². The molecule has 1 fully saturated rings. The van der Waals surface area contributed by atoms with Crippen LogP contribution in [0.25, 0.3) is 28.3 Å². The SMILES string of the molecule is COCCOc1ccc(N2CCN(C(=O)C(C)(c3ccccc3)n3ncc4c3nc(N)n3nc(-c5ccco5)nc43)C[C@H]2C)cc1. The predicted molar refractivity (Wildman–Crippen MR) is 173 cm³/mol. The highest BCUT2D eigenvalue weighted by molar-refractivity contribution is 5.94. The number of anilines is 2. The zero-order chi connectivity index (χ0) is 31.8. The van der Waals surface area contributed by atoms with Gasteiger partial charge in [0.2, 0.25) is 11.8 Å². The minimum atomic E-state index is -1.23. The zero-order valence-electron chi connectivity index (χ0n) is 25.9. The van der Waals surface area contributed by atoms with Crippen molar-refractivity contribution in [2.24, 2.45) is 0 Å². The number of piperazine rings is 1. The molecular weight excluding hydrogens is 586 g/mol. The summed E-state index contributed by atoms with van der Waals surface area (Å²) in [5.41, 5.74) is 7.94. The minimum Gasteiger partial charge on any atom is -0.491 e. The fourth-order valence-corrected chi connectivity index (χ4v) is 6.16. The number of methoxy groups -OCH3 is 1. The number of hydrogen-bond donors (Lipinski definition) is 1. The van der Waals surface area contributed by atoms with Crippen LogP contribution in [0.3, 0.4) is 0 Å². The average Bonchev–Trinajstić information content (AvgIpc) is 3.86. The van der Waals surface area contributed by atoms with Crippen molar-refractivity contribution in [3.63, 3.8) is 0 Å². The molecule has 2 aromatic carbocycles. The lowest BCUT2D eigenvalue weighted by atomic mass is 9.89. The van der Waals surface area contributed by atoms with Crippen LogP contribution in [-0.4, -0.2) is 86.2 Å². The van der Waals surface area contributed by atoms with Crippen LogP contribution < -0.4 is 15.4 Å². The van der Waals surface area contributed by atoms with E-state index in [-0.39, 0.29) is 17.9 Å². The number of hydrogen-bond acceptors (Lipinski definition) is 10. The Labute approximate surface area is 265 Å². The molecule has 13 nitrogen and oxygen atoms in total. The number of amides is 1. The van der Waals surface area contributed by atoms with E-state index >= 15 is 0 Å². The number of carbonyl (C=O) groups excluding carboxylic acids is 1. The highest BCUT2D eigenvalue weighted by Gasteiger charge is 2.44. The molecule has 7 rings (SSSR count). The van der Waals surface area contributed by atoms with E-state index in [1.54, 1.807) is 36.4 Å². The molecule has 0 radical (unpaired) electrons. The summed E-state index contributed by atoms with van der Waals surface area (Å²) in [5, 5.41) is 9.87. The summed E-state index contributed by atoms with van der Waals surface area (Å²) in [6.07, 6.45) is 3.22. The van der Waals surface area contributed by atoms with E-state index in [0.29, 0.717) is 61.1 Å². The molecule has 1 aliphatic rings. The van der Waals surface area contributed by atoms with E-state index in [0.717, 1.165) is 17.0 Å². The number of nitrogen functional groups attached to an aromatic ring is 1. The number of nitrogens with zero attached hydrogens (tertiary/aromatic N) is 8. The van der Waals surface area contributed by atoms with Crippen LogP contribution in [0.5, 0.6) is 5.75 Å².